The molecular weight excluding hydrogens is 248 g/mol. The number of carbonyl (C=O) groups excluding carboxylic acids is 1. The second kappa shape index (κ2) is 5.70. The van der Waals surface area contributed by atoms with Crippen LogP contribution in [0.4, 0.5) is 0 Å². The molecule has 1 saturated heterocycles. The molecule has 0 N–H and O–H groups in total. The zero-order chi connectivity index (χ0) is 13.1. The van der Waals surface area contributed by atoms with Gasteiger partial charge in [-0.05, 0) is 37.8 Å². The fourth-order valence-electron chi connectivity index (χ4n) is 2.50. The number of rotatable bonds is 2. The third kappa shape index (κ3) is 2.66. The summed E-state index contributed by atoms with van der Waals surface area (Å²) in [5.74, 6) is 0.624. The molecule has 2 heterocycles. The summed E-state index contributed by atoms with van der Waals surface area (Å²) in [6.07, 6.45) is 5.01. The minimum Gasteiger partial charge on any atom is -0.336 e. The maximum absolute atomic E-state index is 12.5. The lowest BCUT2D eigenvalue weighted by atomic mass is 9.91. The van der Waals surface area contributed by atoms with Crippen LogP contribution in [0.2, 0.25) is 5.15 Å². The van der Waals surface area contributed by atoms with E-state index in [9.17, 15) is 4.79 Å². The van der Waals surface area contributed by atoms with Crippen LogP contribution in [0.25, 0.3) is 0 Å². The highest BCUT2D eigenvalue weighted by Gasteiger charge is 2.29. The molecule has 0 bridgehead atoms. The summed E-state index contributed by atoms with van der Waals surface area (Å²) in [6.45, 7) is 5.12. The third-order valence-corrected chi connectivity index (χ3v) is 4.11. The van der Waals surface area contributed by atoms with Crippen molar-refractivity contribution in [1.82, 2.24) is 9.88 Å². The maximum atomic E-state index is 12.5. The molecule has 0 aromatic carbocycles. The largest absolute Gasteiger partial charge is 0.336 e. The zero-order valence-corrected chi connectivity index (χ0v) is 11.7. The Labute approximate surface area is 113 Å². The number of piperidine rings is 1. The maximum Gasteiger partial charge on any atom is 0.257 e. The van der Waals surface area contributed by atoms with Crippen molar-refractivity contribution in [3.05, 3.63) is 29.0 Å². The summed E-state index contributed by atoms with van der Waals surface area (Å²) in [7, 11) is 0. The van der Waals surface area contributed by atoms with Crippen molar-refractivity contribution >= 4 is 17.5 Å². The number of amides is 1. The number of aromatic nitrogens is 1. The topological polar surface area (TPSA) is 33.2 Å². The predicted octanol–water partition coefficient (Wildman–Crippen LogP) is 3.39. The molecule has 3 nitrogen and oxygen atoms in total. The molecule has 0 aliphatic carbocycles. The van der Waals surface area contributed by atoms with E-state index in [4.69, 9.17) is 11.6 Å². The Balaban J connectivity index is 2.19. The van der Waals surface area contributed by atoms with E-state index in [1.54, 1.807) is 18.3 Å². The first-order valence-electron chi connectivity index (χ1n) is 6.55. The quantitative estimate of drug-likeness (QED) is 0.769. The van der Waals surface area contributed by atoms with E-state index in [1.807, 2.05) is 4.90 Å². The van der Waals surface area contributed by atoms with Crippen LogP contribution in [0.5, 0.6) is 0 Å². The van der Waals surface area contributed by atoms with Gasteiger partial charge < -0.3 is 4.90 Å². The number of halogens is 1. The van der Waals surface area contributed by atoms with Crippen molar-refractivity contribution in [3.63, 3.8) is 0 Å². The van der Waals surface area contributed by atoms with Crippen molar-refractivity contribution in [2.75, 3.05) is 6.54 Å². The smallest absolute Gasteiger partial charge is 0.257 e. The van der Waals surface area contributed by atoms with Crippen LogP contribution >= 0.6 is 11.6 Å². The first-order valence-corrected chi connectivity index (χ1v) is 6.92. The monoisotopic (exact) mass is 266 g/mol. The van der Waals surface area contributed by atoms with Crippen molar-refractivity contribution in [1.29, 1.82) is 0 Å². The van der Waals surface area contributed by atoms with E-state index in [0.29, 0.717) is 16.6 Å². The molecule has 1 amide bonds. The average molecular weight is 267 g/mol. The van der Waals surface area contributed by atoms with Crippen molar-refractivity contribution in [3.8, 4) is 0 Å². The average Bonchev–Trinajstić information content (AvgIpc) is 2.39. The van der Waals surface area contributed by atoms with E-state index in [0.717, 1.165) is 19.4 Å². The first-order chi connectivity index (χ1) is 8.63. The third-order valence-electron chi connectivity index (χ3n) is 3.81. The summed E-state index contributed by atoms with van der Waals surface area (Å²) in [5.41, 5.74) is 0.516. The Kier molecular flexibility index (Phi) is 4.23. The van der Waals surface area contributed by atoms with E-state index in [1.165, 1.54) is 6.42 Å². The van der Waals surface area contributed by atoms with Gasteiger partial charge in [-0.25, -0.2) is 4.98 Å². The number of pyridine rings is 1. The Morgan fingerprint density at radius 1 is 1.56 bits per heavy atom. The lowest BCUT2D eigenvalue weighted by molar-refractivity contribution is 0.0556. The first kappa shape index (κ1) is 13.3. The van der Waals surface area contributed by atoms with Gasteiger partial charge in [-0.3, -0.25) is 4.79 Å². The highest BCUT2D eigenvalue weighted by molar-refractivity contribution is 6.32. The summed E-state index contributed by atoms with van der Waals surface area (Å²) in [5, 5.41) is 0.299. The fourth-order valence-corrected chi connectivity index (χ4v) is 2.70. The molecule has 0 saturated carbocycles. The van der Waals surface area contributed by atoms with E-state index in [-0.39, 0.29) is 11.9 Å². The number of nitrogens with zero attached hydrogens (tertiary/aromatic N) is 2. The van der Waals surface area contributed by atoms with Crippen molar-refractivity contribution in [2.45, 2.75) is 39.2 Å². The Morgan fingerprint density at radius 2 is 2.33 bits per heavy atom. The van der Waals surface area contributed by atoms with E-state index in [2.05, 4.69) is 18.8 Å². The molecule has 2 atom stereocenters. The van der Waals surface area contributed by atoms with Crippen LogP contribution in [0, 0.1) is 5.92 Å². The SMILES string of the molecule is CCC1CCC(C)N(C(=O)c2cccnc2Cl)C1. The predicted molar refractivity (Wildman–Crippen MR) is 72.8 cm³/mol. The number of hydrogen-bond acceptors (Lipinski definition) is 2. The van der Waals surface area contributed by atoms with Gasteiger partial charge in [0.1, 0.15) is 5.15 Å². The lowest BCUT2D eigenvalue weighted by Gasteiger charge is -2.37. The summed E-state index contributed by atoms with van der Waals surface area (Å²) in [4.78, 5) is 18.4. The molecule has 1 aromatic rings. The van der Waals surface area contributed by atoms with Gasteiger partial charge in [-0.2, -0.15) is 0 Å². The van der Waals surface area contributed by atoms with Gasteiger partial charge in [0.2, 0.25) is 0 Å². The van der Waals surface area contributed by atoms with Crippen LogP contribution in [0.15, 0.2) is 18.3 Å². The number of likely N-dealkylation sites (tertiary alicyclic amines) is 1. The van der Waals surface area contributed by atoms with Gasteiger partial charge in [0, 0.05) is 18.8 Å². The minimum atomic E-state index is 0.0127. The van der Waals surface area contributed by atoms with Gasteiger partial charge in [0.05, 0.1) is 5.56 Å². The molecule has 1 aromatic heterocycles. The van der Waals surface area contributed by atoms with Crippen LogP contribution in [-0.4, -0.2) is 28.4 Å². The summed E-state index contributed by atoms with van der Waals surface area (Å²) >= 11 is 6.00. The zero-order valence-electron chi connectivity index (χ0n) is 10.9. The van der Waals surface area contributed by atoms with Crippen LogP contribution in [-0.2, 0) is 0 Å². The highest BCUT2D eigenvalue weighted by atomic mass is 35.5. The number of carbonyl (C=O) groups is 1. The Bertz CT molecular complexity index is 436. The summed E-state index contributed by atoms with van der Waals surface area (Å²) in [6, 6.07) is 3.79. The Hall–Kier alpha value is -1.09. The molecule has 1 fully saturated rings. The van der Waals surface area contributed by atoms with Crippen LogP contribution in [0.1, 0.15) is 43.5 Å². The second-order valence-corrected chi connectivity index (χ2v) is 5.36. The molecule has 98 valence electrons. The molecule has 18 heavy (non-hydrogen) atoms. The number of hydrogen-bond donors (Lipinski definition) is 0. The molecule has 1 aliphatic rings. The fraction of sp³-hybridized carbons (Fsp3) is 0.571. The van der Waals surface area contributed by atoms with Crippen LogP contribution < -0.4 is 0 Å². The highest BCUT2D eigenvalue weighted by Crippen LogP contribution is 2.26. The van der Waals surface area contributed by atoms with Gasteiger partial charge in [-0.1, -0.05) is 24.9 Å². The van der Waals surface area contributed by atoms with Gasteiger partial charge in [-0.15, -0.1) is 0 Å². The second-order valence-electron chi connectivity index (χ2n) is 5.00. The van der Waals surface area contributed by atoms with Gasteiger partial charge in [0.25, 0.3) is 5.91 Å². The molecule has 2 rings (SSSR count). The summed E-state index contributed by atoms with van der Waals surface area (Å²) < 4.78 is 0. The van der Waals surface area contributed by atoms with Crippen molar-refractivity contribution < 1.29 is 4.79 Å². The Morgan fingerprint density at radius 3 is 3.00 bits per heavy atom. The minimum absolute atomic E-state index is 0.0127. The molecule has 4 heteroatoms. The van der Waals surface area contributed by atoms with Gasteiger partial charge in [0.15, 0.2) is 0 Å². The molecule has 0 spiro atoms. The molecular formula is C14H19ClN2O. The molecule has 2 unspecified atom stereocenters. The normalized spacial score (nSPS) is 24.1. The van der Waals surface area contributed by atoms with E-state index >= 15 is 0 Å². The van der Waals surface area contributed by atoms with Crippen molar-refractivity contribution in [2.24, 2.45) is 5.92 Å². The standard InChI is InChI=1S/C14H19ClN2O/c1-3-11-7-6-10(2)17(9-11)14(18)12-5-4-8-16-13(12)15/h4-5,8,10-11H,3,6-7,9H2,1-2H3. The van der Waals surface area contributed by atoms with Gasteiger partial charge >= 0.3 is 0 Å². The lowest BCUT2D eigenvalue weighted by Crippen LogP contribution is -2.45. The van der Waals surface area contributed by atoms with E-state index < -0.39 is 0 Å². The van der Waals surface area contributed by atoms with Crippen LogP contribution in [0.3, 0.4) is 0 Å². The molecule has 0 radical (unpaired) electrons. The molecule has 1 aliphatic heterocycles.